The van der Waals surface area contributed by atoms with Gasteiger partial charge in [0.1, 0.15) is 0 Å². The number of rotatable bonds is 5. The van der Waals surface area contributed by atoms with Crippen LogP contribution < -0.4 is 0 Å². The molecular weight excluding hydrogens is 669 g/mol. The van der Waals surface area contributed by atoms with Crippen LogP contribution in [-0.2, 0) is 5.41 Å². The number of benzene rings is 7. The summed E-state index contributed by atoms with van der Waals surface area (Å²) >= 11 is 0. The van der Waals surface area contributed by atoms with Gasteiger partial charge in [-0.05, 0) is 78.9 Å². The van der Waals surface area contributed by atoms with Gasteiger partial charge in [0.15, 0.2) is 17.5 Å². The summed E-state index contributed by atoms with van der Waals surface area (Å²) in [4.78, 5) is 19.2. The van der Waals surface area contributed by atoms with Crippen LogP contribution in [0, 0.1) is 0 Å². The van der Waals surface area contributed by atoms with Crippen LogP contribution in [0.1, 0.15) is 22.3 Å². The van der Waals surface area contributed by atoms with E-state index in [-0.39, 0.29) is 5.41 Å². The van der Waals surface area contributed by atoms with Crippen LogP contribution in [-0.4, -0.2) is 19.9 Å². The minimum Gasteiger partial charge on any atom is -0.264 e. The summed E-state index contributed by atoms with van der Waals surface area (Å²) in [7, 11) is 0. The van der Waals surface area contributed by atoms with Gasteiger partial charge in [-0.1, -0.05) is 170 Å². The van der Waals surface area contributed by atoms with Crippen LogP contribution in [0.3, 0.4) is 0 Å². The molecule has 0 saturated carbocycles. The number of hydrogen-bond donors (Lipinski definition) is 0. The molecule has 0 atom stereocenters. The van der Waals surface area contributed by atoms with Crippen molar-refractivity contribution in [2.45, 2.75) is 5.41 Å². The zero-order valence-electron chi connectivity index (χ0n) is 29.8. The third-order valence-electron chi connectivity index (χ3n) is 11.3. The van der Waals surface area contributed by atoms with Gasteiger partial charge in [-0.25, -0.2) is 15.0 Å². The van der Waals surface area contributed by atoms with E-state index >= 15 is 0 Å². The lowest BCUT2D eigenvalue weighted by Gasteiger charge is -2.30. The first-order chi connectivity index (χ1) is 27.3. The molecule has 2 heterocycles. The molecule has 55 heavy (non-hydrogen) atoms. The Labute approximate surface area is 319 Å². The van der Waals surface area contributed by atoms with Crippen molar-refractivity contribution in [1.82, 2.24) is 19.9 Å². The van der Waals surface area contributed by atoms with Gasteiger partial charge in [0, 0.05) is 29.1 Å². The van der Waals surface area contributed by atoms with Crippen molar-refractivity contribution in [3.8, 4) is 78.7 Å². The monoisotopic (exact) mass is 700 g/mol. The first-order valence-electron chi connectivity index (χ1n) is 18.6. The van der Waals surface area contributed by atoms with Crippen molar-refractivity contribution in [2.75, 3.05) is 0 Å². The Kier molecular flexibility index (Phi) is 7.04. The summed E-state index contributed by atoms with van der Waals surface area (Å²) in [6.45, 7) is 0. The van der Waals surface area contributed by atoms with Crippen LogP contribution >= 0.6 is 0 Å². The third-order valence-corrected chi connectivity index (χ3v) is 11.3. The van der Waals surface area contributed by atoms with Gasteiger partial charge < -0.3 is 0 Å². The van der Waals surface area contributed by atoms with Crippen LogP contribution in [0.2, 0.25) is 0 Å². The largest absolute Gasteiger partial charge is 0.264 e. The zero-order valence-corrected chi connectivity index (χ0v) is 29.8. The van der Waals surface area contributed by atoms with Gasteiger partial charge in [-0.15, -0.1) is 0 Å². The molecule has 9 aromatic rings. The molecule has 2 aliphatic rings. The Bertz CT molecular complexity index is 2850. The number of fused-ring (bicyclic) bond motifs is 10. The minimum absolute atomic E-state index is 0.340. The standard InChI is InChI=1S/C51H32N4/c1-2-11-35(12-3-1)48-53-49(55-50(54-48)37-26-22-34(23-27-37)39-13-10-30-52-32-39)36-24-20-33(21-25-36)38-28-29-47-43(31-38)42-16-6-9-19-46(42)51(47)44-17-7-4-14-40(44)41-15-5-8-18-45(41)51/h1-32H. The summed E-state index contributed by atoms with van der Waals surface area (Å²) < 4.78 is 0. The maximum Gasteiger partial charge on any atom is 0.164 e. The normalized spacial score (nSPS) is 12.9. The molecule has 7 aromatic carbocycles. The van der Waals surface area contributed by atoms with Crippen LogP contribution in [0.25, 0.3) is 78.7 Å². The molecule has 0 bridgehead atoms. The molecule has 2 aliphatic carbocycles. The molecule has 0 amide bonds. The van der Waals surface area contributed by atoms with E-state index in [9.17, 15) is 0 Å². The maximum absolute atomic E-state index is 5.02. The smallest absolute Gasteiger partial charge is 0.164 e. The molecule has 0 unspecified atom stereocenters. The topological polar surface area (TPSA) is 51.6 Å². The van der Waals surface area contributed by atoms with Gasteiger partial charge in [0.2, 0.25) is 0 Å². The highest BCUT2D eigenvalue weighted by Gasteiger charge is 2.51. The minimum atomic E-state index is -0.340. The average molecular weight is 701 g/mol. The van der Waals surface area contributed by atoms with E-state index in [0.29, 0.717) is 17.5 Å². The van der Waals surface area contributed by atoms with Crippen LogP contribution in [0.5, 0.6) is 0 Å². The Balaban J connectivity index is 0.988. The molecule has 0 fully saturated rings. The highest BCUT2D eigenvalue weighted by molar-refractivity contribution is 5.96. The summed E-state index contributed by atoms with van der Waals surface area (Å²) in [6.07, 6.45) is 3.66. The fourth-order valence-corrected chi connectivity index (χ4v) is 8.79. The third kappa shape index (κ3) is 4.85. The molecule has 4 heteroatoms. The fraction of sp³-hybridized carbons (Fsp3) is 0.0196. The lowest BCUT2D eigenvalue weighted by atomic mass is 9.70. The number of nitrogens with zero attached hydrogens (tertiary/aromatic N) is 4. The van der Waals surface area contributed by atoms with Crippen LogP contribution in [0.15, 0.2) is 194 Å². The van der Waals surface area contributed by atoms with Crippen molar-refractivity contribution in [2.24, 2.45) is 0 Å². The van der Waals surface area contributed by atoms with Crippen molar-refractivity contribution < 1.29 is 0 Å². The lowest BCUT2D eigenvalue weighted by Crippen LogP contribution is -2.25. The lowest BCUT2D eigenvalue weighted by molar-refractivity contribution is 0.794. The highest BCUT2D eigenvalue weighted by Crippen LogP contribution is 2.62. The summed E-state index contributed by atoms with van der Waals surface area (Å²) in [5.74, 6) is 1.91. The molecule has 256 valence electrons. The molecule has 0 saturated heterocycles. The predicted molar refractivity (Wildman–Crippen MR) is 221 cm³/mol. The van der Waals surface area contributed by atoms with E-state index in [4.69, 9.17) is 15.0 Å². The first-order valence-corrected chi connectivity index (χ1v) is 18.6. The second kappa shape index (κ2) is 12.4. The quantitative estimate of drug-likeness (QED) is 0.179. The molecule has 1 spiro atoms. The highest BCUT2D eigenvalue weighted by atomic mass is 15.0. The van der Waals surface area contributed by atoms with Gasteiger partial charge in [-0.3, -0.25) is 4.98 Å². The number of aromatic nitrogens is 4. The van der Waals surface area contributed by atoms with E-state index in [1.165, 1.54) is 50.1 Å². The Morgan fingerprint density at radius 1 is 0.291 bits per heavy atom. The van der Waals surface area contributed by atoms with E-state index in [1.807, 2.05) is 42.6 Å². The van der Waals surface area contributed by atoms with E-state index in [0.717, 1.165) is 33.4 Å². The van der Waals surface area contributed by atoms with E-state index in [1.54, 1.807) is 6.20 Å². The van der Waals surface area contributed by atoms with Crippen LogP contribution in [0.4, 0.5) is 0 Å². The molecule has 11 rings (SSSR count). The second-order valence-electron chi connectivity index (χ2n) is 14.2. The van der Waals surface area contributed by atoms with Gasteiger partial charge in [0.25, 0.3) is 0 Å². The molecular formula is C51H32N4. The maximum atomic E-state index is 5.02. The summed E-state index contributed by atoms with van der Waals surface area (Å²) in [6, 6.07) is 64.9. The van der Waals surface area contributed by atoms with Gasteiger partial charge in [0.05, 0.1) is 5.41 Å². The summed E-state index contributed by atoms with van der Waals surface area (Å²) in [5, 5.41) is 0. The molecule has 4 nitrogen and oxygen atoms in total. The second-order valence-corrected chi connectivity index (χ2v) is 14.2. The first kappa shape index (κ1) is 31.2. The van der Waals surface area contributed by atoms with E-state index < -0.39 is 0 Å². The SMILES string of the molecule is c1ccc(-c2nc(-c3ccc(-c4cccnc4)cc3)nc(-c3ccc(-c4ccc5c(c4)-c4ccccc4C54c5ccccc5-c5ccccc54)cc3)n2)cc1. The fourth-order valence-electron chi connectivity index (χ4n) is 8.79. The molecule has 0 aliphatic heterocycles. The van der Waals surface area contributed by atoms with E-state index in [2.05, 4.69) is 151 Å². The van der Waals surface area contributed by atoms with Gasteiger partial charge >= 0.3 is 0 Å². The molecule has 0 N–H and O–H groups in total. The number of pyridine rings is 1. The van der Waals surface area contributed by atoms with Crippen molar-refractivity contribution in [1.29, 1.82) is 0 Å². The molecule has 2 aromatic heterocycles. The Morgan fingerprint density at radius 2 is 0.691 bits per heavy atom. The average Bonchev–Trinajstić information content (AvgIpc) is 3.74. The van der Waals surface area contributed by atoms with Crippen molar-refractivity contribution in [3.05, 3.63) is 217 Å². The predicted octanol–water partition coefficient (Wildman–Crippen LogP) is 11.9. The zero-order chi connectivity index (χ0) is 36.3. The Morgan fingerprint density at radius 3 is 1.22 bits per heavy atom. The Hall–Kier alpha value is -7.30. The van der Waals surface area contributed by atoms with Crippen molar-refractivity contribution >= 4 is 0 Å². The number of hydrogen-bond acceptors (Lipinski definition) is 4. The summed E-state index contributed by atoms with van der Waals surface area (Å²) in [5.41, 5.74) is 17.5. The molecule has 0 radical (unpaired) electrons. The van der Waals surface area contributed by atoms with Crippen molar-refractivity contribution in [3.63, 3.8) is 0 Å². The van der Waals surface area contributed by atoms with Gasteiger partial charge in [-0.2, -0.15) is 0 Å².